The molecular weight excluding hydrogens is 266 g/mol. The lowest BCUT2D eigenvalue weighted by molar-refractivity contribution is -0.134. The van der Waals surface area contributed by atoms with E-state index < -0.39 is 0 Å². The molecule has 1 aromatic carbocycles. The van der Waals surface area contributed by atoms with Crippen LogP contribution in [0.15, 0.2) is 30.3 Å². The van der Waals surface area contributed by atoms with Gasteiger partial charge in [0.05, 0.1) is 0 Å². The van der Waals surface area contributed by atoms with Crippen LogP contribution in [0, 0.1) is 0 Å². The summed E-state index contributed by atoms with van der Waals surface area (Å²) in [6.45, 7) is 4.82. The van der Waals surface area contributed by atoms with Crippen LogP contribution >= 0.6 is 0 Å². The molecule has 0 aliphatic heterocycles. The number of hydrogen-bond donors (Lipinski definition) is 1. The highest BCUT2D eigenvalue weighted by Gasteiger charge is 2.17. The second-order valence-corrected chi connectivity index (χ2v) is 5.27. The van der Waals surface area contributed by atoms with Crippen molar-refractivity contribution in [2.24, 2.45) is 5.73 Å². The molecule has 0 saturated carbocycles. The molecule has 0 fully saturated rings. The average molecular weight is 291 g/mol. The van der Waals surface area contributed by atoms with E-state index in [1.54, 1.807) is 16.8 Å². The maximum atomic E-state index is 12.1. The number of amides is 2. The van der Waals surface area contributed by atoms with Crippen molar-refractivity contribution in [1.29, 1.82) is 0 Å². The molecule has 1 rings (SSSR count). The van der Waals surface area contributed by atoms with Gasteiger partial charge in [0.25, 0.3) is 0 Å². The molecule has 0 radical (unpaired) electrons. The zero-order chi connectivity index (χ0) is 15.8. The Bertz CT molecular complexity index is 462. The molecule has 0 bridgehead atoms. The van der Waals surface area contributed by atoms with Crippen LogP contribution in [-0.4, -0.2) is 47.8 Å². The van der Waals surface area contributed by atoms with Crippen molar-refractivity contribution in [2.45, 2.75) is 32.9 Å². The third-order valence-electron chi connectivity index (χ3n) is 3.65. The summed E-state index contributed by atoms with van der Waals surface area (Å²) in [6.07, 6.45) is 0.313. The summed E-state index contributed by atoms with van der Waals surface area (Å²) in [5, 5.41) is 0. The van der Waals surface area contributed by atoms with Gasteiger partial charge in [0.15, 0.2) is 0 Å². The maximum absolute atomic E-state index is 12.1. The van der Waals surface area contributed by atoms with Crippen LogP contribution in [0.3, 0.4) is 0 Å². The van der Waals surface area contributed by atoms with Crippen molar-refractivity contribution in [3.63, 3.8) is 0 Å². The van der Waals surface area contributed by atoms with E-state index in [9.17, 15) is 9.59 Å². The number of nitrogens with zero attached hydrogens (tertiary/aromatic N) is 2. The first-order chi connectivity index (χ1) is 9.95. The second kappa shape index (κ2) is 8.42. The lowest BCUT2D eigenvalue weighted by atomic mass is 10.2. The predicted octanol–water partition coefficient (Wildman–Crippen LogP) is 1.23. The van der Waals surface area contributed by atoms with Crippen molar-refractivity contribution < 1.29 is 9.59 Å². The Kier molecular flexibility index (Phi) is 6.88. The summed E-state index contributed by atoms with van der Waals surface area (Å²) in [7, 11) is 1.75. The van der Waals surface area contributed by atoms with Gasteiger partial charge in [0, 0.05) is 46.1 Å². The van der Waals surface area contributed by atoms with Gasteiger partial charge in [-0.05, 0) is 12.5 Å². The van der Waals surface area contributed by atoms with Crippen molar-refractivity contribution in [3.05, 3.63) is 35.9 Å². The van der Waals surface area contributed by atoms with Crippen LogP contribution in [0.1, 0.15) is 25.8 Å². The molecule has 0 spiro atoms. The van der Waals surface area contributed by atoms with Crippen LogP contribution in [0.5, 0.6) is 0 Å². The molecule has 21 heavy (non-hydrogen) atoms. The Balaban J connectivity index is 2.56. The highest BCUT2D eigenvalue weighted by Crippen LogP contribution is 2.07. The first-order valence-electron chi connectivity index (χ1n) is 7.20. The van der Waals surface area contributed by atoms with Crippen molar-refractivity contribution in [1.82, 2.24) is 9.80 Å². The number of benzene rings is 1. The van der Waals surface area contributed by atoms with E-state index in [4.69, 9.17) is 5.73 Å². The Morgan fingerprint density at radius 2 is 1.86 bits per heavy atom. The molecule has 0 aromatic heterocycles. The summed E-state index contributed by atoms with van der Waals surface area (Å²) in [6, 6.07) is 9.78. The highest BCUT2D eigenvalue weighted by molar-refractivity contribution is 5.78. The molecule has 0 saturated heterocycles. The zero-order valence-electron chi connectivity index (χ0n) is 13.1. The first kappa shape index (κ1) is 17.2. The molecule has 5 nitrogen and oxygen atoms in total. The van der Waals surface area contributed by atoms with Crippen molar-refractivity contribution >= 4 is 11.8 Å². The van der Waals surface area contributed by atoms with Crippen LogP contribution in [0.4, 0.5) is 0 Å². The summed E-state index contributed by atoms with van der Waals surface area (Å²) >= 11 is 0. The van der Waals surface area contributed by atoms with Gasteiger partial charge in [-0.1, -0.05) is 30.3 Å². The molecule has 116 valence electrons. The quantitative estimate of drug-likeness (QED) is 0.821. The van der Waals surface area contributed by atoms with Gasteiger partial charge in [0.1, 0.15) is 0 Å². The van der Waals surface area contributed by atoms with E-state index in [0.717, 1.165) is 5.56 Å². The minimum atomic E-state index is -0.0267. The Morgan fingerprint density at radius 3 is 2.38 bits per heavy atom. The molecule has 5 heteroatoms. The average Bonchev–Trinajstić information content (AvgIpc) is 2.50. The summed E-state index contributed by atoms with van der Waals surface area (Å²) in [5.41, 5.74) is 6.62. The van der Waals surface area contributed by atoms with Crippen molar-refractivity contribution in [2.75, 3.05) is 20.1 Å². The number of hydrogen-bond acceptors (Lipinski definition) is 3. The minimum absolute atomic E-state index is 0.00672. The molecule has 0 aliphatic carbocycles. The lowest BCUT2D eigenvalue weighted by Gasteiger charge is -2.26. The van der Waals surface area contributed by atoms with E-state index in [2.05, 4.69) is 0 Å². The molecule has 2 amide bonds. The zero-order valence-corrected chi connectivity index (χ0v) is 13.1. The minimum Gasteiger partial charge on any atom is -0.342 e. The SMILES string of the molecule is CC(=O)N(CCC(=O)N(C)C(C)CN)Cc1ccccc1. The van der Waals surface area contributed by atoms with Gasteiger partial charge < -0.3 is 15.5 Å². The van der Waals surface area contributed by atoms with Crippen LogP contribution in [-0.2, 0) is 16.1 Å². The molecule has 2 N–H and O–H groups in total. The second-order valence-electron chi connectivity index (χ2n) is 5.27. The van der Waals surface area contributed by atoms with E-state index in [0.29, 0.717) is 26.1 Å². The Morgan fingerprint density at radius 1 is 1.24 bits per heavy atom. The number of likely N-dealkylation sites (N-methyl/N-ethyl adjacent to an activating group) is 1. The van der Waals surface area contributed by atoms with Crippen LogP contribution in [0.25, 0.3) is 0 Å². The first-order valence-corrected chi connectivity index (χ1v) is 7.20. The van der Waals surface area contributed by atoms with Gasteiger partial charge in [0.2, 0.25) is 11.8 Å². The monoisotopic (exact) mass is 291 g/mol. The van der Waals surface area contributed by atoms with Crippen LogP contribution in [0.2, 0.25) is 0 Å². The number of rotatable bonds is 7. The fraction of sp³-hybridized carbons (Fsp3) is 0.500. The fourth-order valence-electron chi connectivity index (χ4n) is 1.96. The number of carbonyl (C=O) groups is 2. The standard InChI is InChI=1S/C16H25N3O2/c1-13(11-17)18(3)16(21)9-10-19(14(2)20)12-15-7-5-4-6-8-15/h4-8,13H,9-12,17H2,1-3H3. The molecule has 0 heterocycles. The number of carbonyl (C=O) groups excluding carboxylic acids is 2. The lowest BCUT2D eigenvalue weighted by Crippen LogP contribution is -2.41. The van der Waals surface area contributed by atoms with E-state index in [-0.39, 0.29) is 17.9 Å². The van der Waals surface area contributed by atoms with E-state index >= 15 is 0 Å². The van der Waals surface area contributed by atoms with E-state index in [1.807, 2.05) is 37.3 Å². The molecule has 1 unspecified atom stereocenters. The topological polar surface area (TPSA) is 66.6 Å². The third-order valence-corrected chi connectivity index (χ3v) is 3.65. The highest BCUT2D eigenvalue weighted by atomic mass is 16.2. The largest absolute Gasteiger partial charge is 0.342 e. The predicted molar refractivity (Wildman–Crippen MR) is 83.4 cm³/mol. The van der Waals surface area contributed by atoms with E-state index in [1.165, 1.54) is 6.92 Å². The molecule has 0 aliphatic rings. The molecule has 1 atom stereocenters. The fourth-order valence-corrected chi connectivity index (χ4v) is 1.96. The smallest absolute Gasteiger partial charge is 0.224 e. The summed E-state index contributed by atoms with van der Waals surface area (Å²) < 4.78 is 0. The van der Waals surface area contributed by atoms with Gasteiger partial charge in [-0.25, -0.2) is 0 Å². The van der Waals surface area contributed by atoms with Crippen LogP contribution < -0.4 is 5.73 Å². The third kappa shape index (κ3) is 5.55. The Hall–Kier alpha value is -1.88. The molecular formula is C16H25N3O2. The van der Waals surface area contributed by atoms with Gasteiger partial charge >= 0.3 is 0 Å². The van der Waals surface area contributed by atoms with Gasteiger partial charge in [-0.3, -0.25) is 9.59 Å². The van der Waals surface area contributed by atoms with Gasteiger partial charge in [-0.15, -0.1) is 0 Å². The Labute approximate surface area is 126 Å². The normalized spacial score (nSPS) is 11.8. The maximum Gasteiger partial charge on any atom is 0.224 e. The summed E-state index contributed by atoms with van der Waals surface area (Å²) in [4.78, 5) is 27.1. The van der Waals surface area contributed by atoms with Crippen molar-refractivity contribution in [3.8, 4) is 0 Å². The summed E-state index contributed by atoms with van der Waals surface area (Å²) in [5.74, 6) is -0.0200. The number of nitrogens with two attached hydrogens (primary N) is 1. The molecule has 1 aromatic rings. The van der Waals surface area contributed by atoms with Gasteiger partial charge in [-0.2, -0.15) is 0 Å².